The number of hydrogen-bond donors (Lipinski definition) is 1. The van der Waals surface area contributed by atoms with Crippen LogP contribution >= 0.6 is 0 Å². The van der Waals surface area contributed by atoms with E-state index in [-0.39, 0.29) is 5.43 Å². The van der Waals surface area contributed by atoms with E-state index in [9.17, 15) is 4.79 Å². The van der Waals surface area contributed by atoms with Gasteiger partial charge in [-0.3, -0.25) is 4.79 Å². The molecule has 0 aliphatic heterocycles. The number of hydrogen-bond acceptors (Lipinski definition) is 2. The van der Waals surface area contributed by atoms with E-state index in [0.717, 1.165) is 23.2 Å². The summed E-state index contributed by atoms with van der Waals surface area (Å²) in [5.74, 6) is 1.15. The third kappa shape index (κ3) is 2.26. The number of rotatable bonds is 3. The predicted octanol–water partition coefficient (Wildman–Crippen LogP) is 3.04. The lowest BCUT2D eigenvalue weighted by Crippen LogP contribution is -2.09. The molecule has 0 amide bonds. The van der Waals surface area contributed by atoms with Gasteiger partial charge in [0.1, 0.15) is 5.75 Å². The van der Waals surface area contributed by atoms with Gasteiger partial charge in [-0.05, 0) is 30.9 Å². The molecule has 0 fully saturated rings. The van der Waals surface area contributed by atoms with Crippen molar-refractivity contribution in [1.29, 1.82) is 0 Å². The Morgan fingerprint density at radius 1 is 1.33 bits per heavy atom. The second-order valence-electron chi connectivity index (χ2n) is 5.09. The van der Waals surface area contributed by atoms with Gasteiger partial charge in [-0.1, -0.05) is 19.9 Å². The molecule has 0 saturated heterocycles. The van der Waals surface area contributed by atoms with E-state index in [4.69, 9.17) is 4.74 Å². The summed E-state index contributed by atoms with van der Waals surface area (Å²) < 4.78 is 5.26. The van der Waals surface area contributed by atoms with Crippen LogP contribution in [0.2, 0.25) is 0 Å². The van der Waals surface area contributed by atoms with Crippen LogP contribution in [0.25, 0.3) is 10.9 Å². The highest BCUT2D eigenvalue weighted by atomic mass is 16.5. The number of H-pyrrole nitrogens is 1. The molecule has 1 aromatic carbocycles. The Hall–Kier alpha value is -1.77. The summed E-state index contributed by atoms with van der Waals surface area (Å²) in [6.07, 6.45) is 0.877. The maximum Gasteiger partial charge on any atom is 0.193 e. The summed E-state index contributed by atoms with van der Waals surface area (Å²) in [5, 5.41) is 0.644. The Balaban J connectivity index is 2.73. The molecule has 0 atom stereocenters. The Morgan fingerprint density at radius 3 is 2.67 bits per heavy atom. The quantitative estimate of drug-likeness (QED) is 0.903. The summed E-state index contributed by atoms with van der Waals surface area (Å²) in [6, 6.07) is 5.50. The van der Waals surface area contributed by atoms with Gasteiger partial charge in [-0.25, -0.2) is 0 Å². The van der Waals surface area contributed by atoms with Crippen LogP contribution in [0.1, 0.15) is 25.1 Å². The lowest BCUT2D eigenvalue weighted by molar-refractivity contribution is 0.419. The van der Waals surface area contributed by atoms with E-state index in [2.05, 4.69) is 18.8 Å². The molecule has 1 heterocycles. The van der Waals surface area contributed by atoms with Gasteiger partial charge in [0, 0.05) is 11.8 Å². The van der Waals surface area contributed by atoms with Crippen LogP contribution in [-0.2, 0) is 6.42 Å². The Bertz CT molecular complexity index is 626. The first kappa shape index (κ1) is 12.7. The zero-order valence-corrected chi connectivity index (χ0v) is 11.3. The van der Waals surface area contributed by atoms with Gasteiger partial charge >= 0.3 is 0 Å². The highest BCUT2D eigenvalue weighted by Gasteiger charge is 2.10. The molecule has 3 nitrogen and oxygen atoms in total. The van der Waals surface area contributed by atoms with Crippen molar-refractivity contribution in [2.75, 3.05) is 7.11 Å². The van der Waals surface area contributed by atoms with Gasteiger partial charge in [0.2, 0.25) is 0 Å². The van der Waals surface area contributed by atoms with Gasteiger partial charge in [-0.2, -0.15) is 0 Å². The van der Waals surface area contributed by atoms with Gasteiger partial charge in [0.25, 0.3) is 0 Å². The van der Waals surface area contributed by atoms with E-state index in [1.54, 1.807) is 13.2 Å². The minimum absolute atomic E-state index is 0.0277. The molecule has 0 aliphatic rings. The van der Waals surface area contributed by atoms with Crippen LogP contribution < -0.4 is 10.2 Å². The van der Waals surface area contributed by atoms with Crippen molar-refractivity contribution in [3.63, 3.8) is 0 Å². The average molecular weight is 245 g/mol. The molecule has 1 aromatic heterocycles. The van der Waals surface area contributed by atoms with Crippen molar-refractivity contribution in [2.24, 2.45) is 5.92 Å². The van der Waals surface area contributed by atoms with E-state index in [1.165, 1.54) is 0 Å². The fourth-order valence-corrected chi connectivity index (χ4v) is 2.24. The molecule has 0 aliphatic carbocycles. The predicted molar refractivity (Wildman–Crippen MR) is 74.4 cm³/mol. The molecule has 0 saturated carbocycles. The number of methoxy groups -OCH3 is 1. The van der Waals surface area contributed by atoms with Crippen LogP contribution in [0.3, 0.4) is 0 Å². The number of fused-ring (bicyclic) bond motifs is 1. The SMILES string of the molecule is COc1ccc(C)c2[nH]c(CC(C)C)cc(=O)c12. The Kier molecular flexibility index (Phi) is 3.41. The summed E-state index contributed by atoms with van der Waals surface area (Å²) in [4.78, 5) is 15.6. The smallest absolute Gasteiger partial charge is 0.193 e. The van der Waals surface area contributed by atoms with Crippen LogP contribution in [0.5, 0.6) is 5.75 Å². The minimum Gasteiger partial charge on any atom is -0.496 e. The third-order valence-electron chi connectivity index (χ3n) is 3.06. The van der Waals surface area contributed by atoms with Crippen LogP contribution in [0.4, 0.5) is 0 Å². The van der Waals surface area contributed by atoms with Crippen molar-refractivity contribution < 1.29 is 4.74 Å². The Labute approximate surface area is 107 Å². The van der Waals surface area contributed by atoms with E-state index in [0.29, 0.717) is 17.1 Å². The zero-order valence-electron chi connectivity index (χ0n) is 11.3. The Morgan fingerprint density at radius 2 is 2.06 bits per heavy atom. The van der Waals surface area contributed by atoms with Crippen LogP contribution in [0.15, 0.2) is 23.0 Å². The highest BCUT2D eigenvalue weighted by Crippen LogP contribution is 2.24. The number of benzene rings is 1. The van der Waals surface area contributed by atoms with Crippen molar-refractivity contribution in [2.45, 2.75) is 27.2 Å². The van der Waals surface area contributed by atoms with Crippen molar-refractivity contribution in [1.82, 2.24) is 4.98 Å². The fraction of sp³-hybridized carbons (Fsp3) is 0.400. The van der Waals surface area contributed by atoms with Crippen molar-refractivity contribution >= 4 is 10.9 Å². The number of ether oxygens (including phenoxy) is 1. The van der Waals surface area contributed by atoms with Crippen LogP contribution in [0, 0.1) is 12.8 Å². The van der Waals surface area contributed by atoms with E-state index in [1.807, 2.05) is 19.1 Å². The summed E-state index contributed by atoms with van der Waals surface area (Å²) in [5.41, 5.74) is 2.96. The van der Waals surface area contributed by atoms with Gasteiger partial charge in [0.15, 0.2) is 5.43 Å². The summed E-state index contributed by atoms with van der Waals surface area (Å²) >= 11 is 0. The molecule has 1 N–H and O–H groups in total. The molecule has 0 bridgehead atoms. The molecule has 0 unspecified atom stereocenters. The zero-order chi connectivity index (χ0) is 13.3. The lowest BCUT2D eigenvalue weighted by atomic mass is 10.0. The largest absolute Gasteiger partial charge is 0.496 e. The number of aryl methyl sites for hydroxylation is 1. The standard InChI is InChI=1S/C15H19NO2/c1-9(2)7-11-8-12(17)14-13(18-4)6-5-10(3)15(14)16-11/h5-6,8-9H,7H2,1-4H3,(H,16,17). The van der Waals surface area contributed by atoms with E-state index < -0.39 is 0 Å². The minimum atomic E-state index is 0.0277. The van der Waals surface area contributed by atoms with Crippen LogP contribution in [-0.4, -0.2) is 12.1 Å². The average Bonchev–Trinajstić information content (AvgIpc) is 2.29. The molecule has 2 aromatic rings. The normalized spacial score (nSPS) is 11.2. The molecular weight excluding hydrogens is 226 g/mol. The van der Waals surface area contributed by atoms with Crippen molar-refractivity contribution in [3.05, 3.63) is 39.7 Å². The molecule has 2 rings (SSSR count). The third-order valence-corrected chi connectivity index (χ3v) is 3.06. The fourth-order valence-electron chi connectivity index (χ4n) is 2.24. The van der Waals surface area contributed by atoms with Gasteiger partial charge in [-0.15, -0.1) is 0 Å². The monoisotopic (exact) mass is 245 g/mol. The lowest BCUT2D eigenvalue weighted by Gasteiger charge is -2.11. The molecule has 18 heavy (non-hydrogen) atoms. The first-order valence-corrected chi connectivity index (χ1v) is 6.22. The number of nitrogens with one attached hydrogen (secondary N) is 1. The molecule has 3 heteroatoms. The number of aromatic nitrogens is 1. The second-order valence-corrected chi connectivity index (χ2v) is 5.09. The first-order chi connectivity index (χ1) is 8.52. The molecule has 96 valence electrons. The second kappa shape index (κ2) is 4.84. The summed E-state index contributed by atoms with van der Waals surface area (Å²) in [6.45, 7) is 6.28. The van der Waals surface area contributed by atoms with E-state index >= 15 is 0 Å². The number of aromatic amines is 1. The summed E-state index contributed by atoms with van der Waals surface area (Å²) in [7, 11) is 1.59. The molecular formula is C15H19NO2. The molecule has 0 spiro atoms. The molecule has 0 radical (unpaired) electrons. The van der Waals surface area contributed by atoms with Gasteiger partial charge in [0.05, 0.1) is 18.0 Å². The van der Waals surface area contributed by atoms with Crippen molar-refractivity contribution in [3.8, 4) is 5.75 Å². The maximum atomic E-state index is 12.2. The number of pyridine rings is 1. The maximum absolute atomic E-state index is 12.2. The van der Waals surface area contributed by atoms with Gasteiger partial charge < -0.3 is 9.72 Å². The topological polar surface area (TPSA) is 42.1 Å². The first-order valence-electron chi connectivity index (χ1n) is 6.22. The highest BCUT2D eigenvalue weighted by molar-refractivity contribution is 5.87.